The number of carbonyl (C=O) groups is 1. The number of rotatable bonds is 3. The molecule has 1 unspecified atom stereocenters. The van der Waals surface area contributed by atoms with Crippen LogP contribution in [0.25, 0.3) is 0 Å². The predicted octanol–water partition coefficient (Wildman–Crippen LogP) is 2.31. The first kappa shape index (κ1) is 13.8. The molecule has 1 amide bonds. The molecule has 0 aromatic heterocycles. The van der Waals surface area contributed by atoms with Crippen molar-refractivity contribution in [2.75, 3.05) is 13.1 Å². The van der Waals surface area contributed by atoms with Crippen molar-refractivity contribution in [1.29, 1.82) is 0 Å². The lowest BCUT2D eigenvalue weighted by Crippen LogP contribution is -2.41. The molecule has 0 saturated heterocycles. The van der Waals surface area contributed by atoms with Crippen molar-refractivity contribution in [3.8, 4) is 0 Å². The highest BCUT2D eigenvalue weighted by atomic mass is 16.2. The van der Waals surface area contributed by atoms with E-state index in [1.165, 1.54) is 11.1 Å². The molecule has 0 bridgehead atoms. The summed E-state index contributed by atoms with van der Waals surface area (Å²) in [6.45, 7) is 1.82. The van der Waals surface area contributed by atoms with E-state index in [4.69, 9.17) is 5.73 Å². The van der Waals surface area contributed by atoms with Gasteiger partial charge in [-0.25, -0.2) is 0 Å². The van der Waals surface area contributed by atoms with Gasteiger partial charge in [-0.05, 0) is 23.1 Å². The normalized spacial score (nSPS) is 15.4. The minimum absolute atomic E-state index is 0.137. The fourth-order valence-corrected chi connectivity index (χ4v) is 2.97. The SMILES string of the molecule is NCC(C(=O)N1CCc2ccccc2C1)c1ccccc1. The zero-order valence-corrected chi connectivity index (χ0v) is 12.0. The molecule has 3 nitrogen and oxygen atoms in total. The summed E-state index contributed by atoms with van der Waals surface area (Å²) < 4.78 is 0. The average molecular weight is 280 g/mol. The number of nitrogens with two attached hydrogens (primary N) is 1. The summed E-state index contributed by atoms with van der Waals surface area (Å²) in [6.07, 6.45) is 0.925. The Hall–Kier alpha value is -2.13. The summed E-state index contributed by atoms with van der Waals surface area (Å²) in [5, 5.41) is 0. The maximum absolute atomic E-state index is 12.8. The summed E-state index contributed by atoms with van der Waals surface area (Å²) in [5.41, 5.74) is 9.47. The van der Waals surface area contributed by atoms with Gasteiger partial charge in [0, 0.05) is 19.6 Å². The Morgan fingerprint density at radius 1 is 1.05 bits per heavy atom. The van der Waals surface area contributed by atoms with Gasteiger partial charge in [0.05, 0.1) is 5.92 Å². The standard InChI is InChI=1S/C18H20N2O/c19-12-17(15-7-2-1-3-8-15)18(21)20-11-10-14-6-4-5-9-16(14)13-20/h1-9,17H,10-13,19H2. The minimum Gasteiger partial charge on any atom is -0.337 e. The van der Waals surface area contributed by atoms with Crippen LogP contribution in [0.1, 0.15) is 22.6 Å². The highest BCUT2D eigenvalue weighted by Gasteiger charge is 2.27. The number of nitrogens with zero attached hydrogens (tertiary/aromatic N) is 1. The summed E-state index contributed by atoms with van der Waals surface area (Å²) >= 11 is 0. The van der Waals surface area contributed by atoms with E-state index in [1.54, 1.807) is 0 Å². The van der Waals surface area contributed by atoms with Gasteiger partial charge in [-0.15, -0.1) is 0 Å². The van der Waals surface area contributed by atoms with E-state index < -0.39 is 0 Å². The van der Waals surface area contributed by atoms with E-state index in [0.717, 1.165) is 18.5 Å². The molecule has 1 heterocycles. The lowest BCUT2D eigenvalue weighted by Gasteiger charge is -2.31. The van der Waals surface area contributed by atoms with Crippen LogP contribution in [0.2, 0.25) is 0 Å². The quantitative estimate of drug-likeness (QED) is 0.938. The van der Waals surface area contributed by atoms with E-state index in [9.17, 15) is 4.79 Å². The zero-order valence-electron chi connectivity index (χ0n) is 12.0. The monoisotopic (exact) mass is 280 g/mol. The van der Waals surface area contributed by atoms with Crippen LogP contribution in [0, 0.1) is 0 Å². The van der Waals surface area contributed by atoms with Crippen molar-refractivity contribution in [2.45, 2.75) is 18.9 Å². The zero-order chi connectivity index (χ0) is 14.7. The highest BCUT2D eigenvalue weighted by Crippen LogP contribution is 2.23. The van der Waals surface area contributed by atoms with Crippen LogP contribution < -0.4 is 5.73 Å². The number of benzene rings is 2. The number of hydrogen-bond donors (Lipinski definition) is 1. The molecule has 0 radical (unpaired) electrons. The Morgan fingerprint density at radius 2 is 1.71 bits per heavy atom. The van der Waals surface area contributed by atoms with Crippen molar-refractivity contribution < 1.29 is 4.79 Å². The third-order valence-corrected chi connectivity index (χ3v) is 4.18. The van der Waals surface area contributed by atoms with Gasteiger partial charge >= 0.3 is 0 Å². The molecule has 21 heavy (non-hydrogen) atoms. The molecule has 1 atom stereocenters. The van der Waals surface area contributed by atoms with Gasteiger partial charge in [-0.2, -0.15) is 0 Å². The fraction of sp³-hybridized carbons (Fsp3) is 0.278. The maximum atomic E-state index is 12.8. The van der Waals surface area contributed by atoms with Crippen LogP contribution in [0.4, 0.5) is 0 Å². The van der Waals surface area contributed by atoms with E-state index >= 15 is 0 Å². The third kappa shape index (κ3) is 2.83. The second-order valence-corrected chi connectivity index (χ2v) is 5.48. The van der Waals surface area contributed by atoms with E-state index in [-0.39, 0.29) is 11.8 Å². The molecule has 2 N–H and O–H groups in total. The van der Waals surface area contributed by atoms with Crippen molar-refractivity contribution in [3.63, 3.8) is 0 Å². The molecule has 108 valence electrons. The first-order valence-corrected chi connectivity index (χ1v) is 7.40. The molecule has 1 aliphatic rings. The van der Waals surface area contributed by atoms with Crippen molar-refractivity contribution in [2.24, 2.45) is 5.73 Å². The Balaban J connectivity index is 1.79. The number of fused-ring (bicyclic) bond motifs is 1. The van der Waals surface area contributed by atoms with Gasteiger partial charge in [0.1, 0.15) is 0 Å². The highest BCUT2D eigenvalue weighted by molar-refractivity contribution is 5.84. The van der Waals surface area contributed by atoms with E-state index in [0.29, 0.717) is 13.1 Å². The first-order chi connectivity index (χ1) is 10.3. The van der Waals surface area contributed by atoms with Crippen LogP contribution in [-0.4, -0.2) is 23.9 Å². The molecular weight excluding hydrogens is 260 g/mol. The summed E-state index contributed by atoms with van der Waals surface area (Å²) in [4.78, 5) is 14.7. The number of hydrogen-bond acceptors (Lipinski definition) is 2. The molecule has 3 heteroatoms. The van der Waals surface area contributed by atoms with Crippen molar-refractivity contribution in [3.05, 3.63) is 71.3 Å². The maximum Gasteiger partial charge on any atom is 0.231 e. The molecule has 2 aromatic carbocycles. The van der Waals surface area contributed by atoms with Crippen LogP contribution in [0.5, 0.6) is 0 Å². The second kappa shape index (κ2) is 6.10. The topological polar surface area (TPSA) is 46.3 Å². The molecule has 0 fully saturated rings. The van der Waals surface area contributed by atoms with E-state index in [1.807, 2.05) is 41.3 Å². The van der Waals surface area contributed by atoms with Gasteiger partial charge < -0.3 is 10.6 Å². The molecule has 0 saturated carbocycles. The Kier molecular flexibility index (Phi) is 4.02. The van der Waals surface area contributed by atoms with Crippen molar-refractivity contribution in [1.82, 2.24) is 4.90 Å². The Bertz CT molecular complexity index is 624. The van der Waals surface area contributed by atoms with Crippen molar-refractivity contribution >= 4 is 5.91 Å². The van der Waals surface area contributed by atoms with Crippen LogP contribution in [0.15, 0.2) is 54.6 Å². The van der Waals surface area contributed by atoms with Gasteiger partial charge in [-0.1, -0.05) is 54.6 Å². The summed E-state index contributed by atoms with van der Waals surface area (Å²) in [7, 11) is 0. The Labute approximate surface area is 125 Å². The molecule has 0 aliphatic carbocycles. The average Bonchev–Trinajstić information content (AvgIpc) is 2.56. The Morgan fingerprint density at radius 3 is 2.43 bits per heavy atom. The van der Waals surface area contributed by atoms with Gasteiger partial charge in [-0.3, -0.25) is 4.79 Å². The molecule has 1 aliphatic heterocycles. The van der Waals surface area contributed by atoms with E-state index in [2.05, 4.69) is 18.2 Å². The predicted molar refractivity (Wildman–Crippen MR) is 83.8 cm³/mol. The van der Waals surface area contributed by atoms with Gasteiger partial charge in [0.2, 0.25) is 5.91 Å². The summed E-state index contributed by atoms with van der Waals surface area (Å²) in [6, 6.07) is 18.2. The molecule has 2 aromatic rings. The van der Waals surface area contributed by atoms with Gasteiger partial charge in [0.15, 0.2) is 0 Å². The molecule has 0 spiro atoms. The second-order valence-electron chi connectivity index (χ2n) is 5.48. The largest absolute Gasteiger partial charge is 0.337 e. The van der Waals surface area contributed by atoms with Crippen LogP contribution in [0.3, 0.4) is 0 Å². The van der Waals surface area contributed by atoms with Gasteiger partial charge in [0.25, 0.3) is 0 Å². The lowest BCUT2D eigenvalue weighted by atomic mass is 9.94. The third-order valence-electron chi connectivity index (χ3n) is 4.18. The number of amides is 1. The number of carbonyl (C=O) groups excluding carboxylic acids is 1. The first-order valence-electron chi connectivity index (χ1n) is 7.40. The summed E-state index contributed by atoms with van der Waals surface area (Å²) in [5.74, 6) is -0.102. The lowest BCUT2D eigenvalue weighted by molar-refractivity contribution is -0.133. The van der Waals surface area contributed by atoms with Crippen LogP contribution in [-0.2, 0) is 17.8 Å². The van der Waals surface area contributed by atoms with Crippen LogP contribution >= 0.6 is 0 Å². The smallest absolute Gasteiger partial charge is 0.231 e. The molecule has 3 rings (SSSR count). The minimum atomic E-state index is -0.239. The molecular formula is C18H20N2O. The fourth-order valence-electron chi connectivity index (χ4n) is 2.97.